The van der Waals surface area contributed by atoms with Crippen LogP contribution in [0, 0.1) is 6.92 Å². The van der Waals surface area contributed by atoms with Gasteiger partial charge in [0.2, 0.25) is 0 Å². The van der Waals surface area contributed by atoms with Crippen molar-refractivity contribution in [2.45, 2.75) is 45.2 Å². The van der Waals surface area contributed by atoms with Gasteiger partial charge >= 0.3 is 0 Å². The van der Waals surface area contributed by atoms with E-state index in [1.54, 1.807) is 0 Å². The minimum Gasteiger partial charge on any atom is -0.351 e. The summed E-state index contributed by atoms with van der Waals surface area (Å²) in [6, 6.07) is 8.44. The number of hydrogen-bond acceptors (Lipinski definition) is 4. The number of H-pyrrole nitrogens is 1. The minimum atomic E-state index is 0.0654. The van der Waals surface area contributed by atoms with Crippen molar-refractivity contribution in [3.63, 3.8) is 0 Å². The zero-order valence-corrected chi connectivity index (χ0v) is 17.2. The lowest BCUT2D eigenvalue weighted by Crippen LogP contribution is -2.35. The number of aromatic amines is 1. The van der Waals surface area contributed by atoms with Gasteiger partial charge in [0.25, 0.3) is 5.91 Å². The predicted octanol–water partition coefficient (Wildman–Crippen LogP) is 2.92. The van der Waals surface area contributed by atoms with E-state index in [9.17, 15) is 4.79 Å². The zero-order chi connectivity index (χ0) is 20.0. The van der Waals surface area contributed by atoms with Gasteiger partial charge in [0.1, 0.15) is 17.3 Å². The molecule has 7 heteroatoms. The van der Waals surface area contributed by atoms with E-state index in [-0.39, 0.29) is 5.91 Å². The first-order chi connectivity index (χ1) is 14.1. The summed E-state index contributed by atoms with van der Waals surface area (Å²) in [6.07, 6.45) is 4.36. The number of piperidine rings is 1. The number of aromatic nitrogens is 4. The molecule has 1 atom stereocenters. The largest absolute Gasteiger partial charge is 0.351 e. The molecule has 1 fully saturated rings. The topological polar surface area (TPSA) is 70.1 Å². The first-order valence-electron chi connectivity index (χ1n) is 10.6. The third kappa shape index (κ3) is 3.23. The molecule has 5 rings (SSSR count). The van der Waals surface area contributed by atoms with E-state index in [1.165, 1.54) is 18.4 Å². The van der Waals surface area contributed by atoms with Crippen molar-refractivity contribution < 1.29 is 4.79 Å². The maximum atomic E-state index is 13.2. The normalized spacial score (nSPS) is 20.6. The van der Waals surface area contributed by atoms with E-state index in [0.29, 0.717) is 24.8 Å². The molecule has 1 N–H and O–H groups in total. The van der Waals surface area contributed by atoms with Crippen molar-refractivity contribution in [2.75, 3.05) is 26.7 Å². The maximum Gasteiger partial charge on any atom is 0.270 e. The predicted molar refractivity (Wildman–Crippen MR) is 112 cm³/mol. The second-order valence-corrected chi connectivity index (χ2v) is 8.38. The Balaban J connectivity index is 1.36. The Morgan fingerprint density at radius 2 is 2.03 bits per heavy atom. The van der Waals surface area contributed by atoms with Gasteiger partial charge in [-0.15, -0.1) is 10.2 Å². The van der Waals surface area contributed by atoms with E-state index >= 15 is 0 Å². The number of nitrogens with zero attached hydrogens (tertiary/aromatic N) is 5. The highest BCUT2D eigenvalue weighted by molar-refractivity contribution is 5.98. The number of likely N-dealkylation sites (tertiary alicyclic amines) is 1. The Morgan fingerprint density at radius 3 is 2.86 bits per heavy atom. The molecule has 0 bridgehead atoms. The molecule has 2 aliphatic rings. The highest BCUT2D eigenvalue weighted by atomic mass is 16.2. The Bertz CT molecular complexity index is 1050. The van der Waals surface area contributed by atoms with Crippen molar-refractivity contribution in [3.8, 4) is 0 Å². The number of rotatable bonds is 2. The second-order valence-electron chi connectivity index (χ2n) is 8.38. The number of amides is 1. The van der Waals surface area contributed by atoms with E-state index in [4.69, 9.17) is 0 Å². The number of benzene rings is 1. The van der Waals surface area contributed by atoms with Crippen LogP contribution in [-0.4, -0.2) is 62.1 Å². The van der Waals surface area contributed by atoms with E-state index in [2.05, 4.69) is 44.7 Å². The lowest BCUT2D eigenvalue weighted by molar-refractivity contribution is 0.0753. The van der Waals surface area contributed by atoms with E-state index in [1.807, 2.05) is 23.1 Å². The molecule has 1 aromatic carbocycles. The molecule has 152 valence electrons. The molecular weight excluding hydrogens is 364 g/mol. The molecule has 2 aromatic heterocycles. The van der Waals surface area contributed by atoms with Crippen molar-refractivity contribution in [2.24, 2.45) is 0 Å². The molecule has 3 aromatic rings. The Kier molecular flexibility index (Phi) is 4.62. The number of nitrogens with one attached hydrogen (secondary N) is 1. The molecule has 1 amide bonds. The third-order valence-electron chi connectivity index (χ3n) is 6.52. The smallest absolute Gasteiger partial charge is 0.270 e. The fourth-order valence-corrected chi connectivity index (χ4v) is 4.79. The molecule has 0 unspecified atom stereocenters. The SMILES string of the molecule is Cc1cccc2[nH]c(C(=O)N3CCc4nnc([C@H]5CCCCN5C)n4CC3)cc12. The van der Waals surface area contributed by atoms with Crippen LogP contribution in [0.25, 0.3) is 10.9 Å². The van der Waals surface area contributed by atoms with Gasteiger partial charge in [0.15, 0.2) is 0 Å². The molecule has 1 saturated heterocycles. The summed E-state index contributed by atoms with van der Waals surface area (Å²) in [5.41, 5.74) is 2.86. The number of hydrogen-bond donors (Lipinski definition) is 1. The van der Waals surface area contributed by atoms with Gasteiger partial charge in [0, 0.05) is 37.0 Å². The lowest BCUT2D eigenvalue weighted by Gasteiger charge is -2.31. The zero-order valence-electron chi connectivity index (χ0n) is 17.2. The Labute approximate surface area is 170 Å². The van der Waals surface area contributed by atoms with Crippen LogP contribution < -0.4 is 0 Å². The van der Waals surface area contributed by atoms with Crippen LogP contribution in [0.2, 0.25) is 0 Å². The van der Waals surface area contributed by atoms with E-state index in [0.717, 1.165) is 48.5 Å². The molecule has 0 aliphatic carbocycles. The van der Waals surface area contributed by atoms with Gasteiger partial charge in [-0.3, -0.25) is 9.69 Å². The van der Waals surface area contributed by atoms with Crippen LogP contribution in [-0.2, 0) is 13.0 Å². The van der Waals surface area contributed by atoms with Crippen molar-refractivity contribution in [1.82, 2.24) is 29.5 Å². The first-order valence-corrected chi connectivity index (χ1v) is 10.6. The summed E-state index contributed by atoms with van der Waals surface area (Å²) >= 11 is 0. The van der Waals surface area contributed by atoms with Crippen LogP contribution in [0.15, 0.2) is 24.3 Å². The first kappa shape index (κ1) is 18.4. The summed E-state index contributed by atoms with van der Waals surface area (Å²) in [4.78, 5) is 20.8. The summed E-state index contributed by atoms with van der Waals surface area (Å²) in [5.74, 6) is 2.13. The maximum absolute atomic E-state index is 13.2. The fourth-order valence-electron chi connectivity index (χ4n) is 4.79. The Morgan fingerprint density at radius 1 is 1.14 bits per heavy atom. The Hall–Kier alpha value is -2.67. The molecule has 29 heavy (non-hydrogen) atoms. The van der Waals surface area contributed by atoms with Crippen molar-refractivity contribution >= 4 is 16.8 Å². The van der Waals surface area contributed by atoms with Gasteiger partial charge in [-0.1, -0.05) is 18.6 Å². The highest BCUT2D eigenvalue weighted by Gasteiger charge is 2.29. The summed E-state index contributed by atoms with van der Waals surface area (Å²) in [7, 11) is 2.18. The third-order valence-corrected chi connectivity index (χ3v) is 6.52. The summed E-state index contributed by atoms with van der Waals surface area (Å²) < 4.78 is 2.26. The summed E-state index contributed by atoms with van der Waals surface area (Å²) in [6.45, 7) is 5.30. The monoisotopic (exact) mass is 392 g/mol. The highest BCUT2D eigenvalue weighted by Crippen LogP contribution is 2.29. The second kappa shape index (κ2) is 7.30. The van der Waals surface area contributed by atoms with Crippen LogP contribution in [0.5, 0.6) is 0 Å². The van der Waals surface area contributed by atoms with Gasteiger partial charge in [-0.25, -0.2) is 0 Å². The fraction of sp³-hybridized carbons (Fsp3) is 0.500. The average Bonchev–Trinajstić information content (AvgIpc) is 3.28. The van der Waals surface area contributed by atoms with Gasteiger partial charge < -0.3 is 14.5 Å². The van der Waals surface area contributed by atoms with Crippen molar-refractivity contribution in [1.29, 1.82) is 0 Å². The number of carbonyl (C=O) groups excluding carboxylic acids is 1. The van der Waals surface area contributed by atoms with Gasteiger partial charge in [-0.2, -0.15) is 0 Å². The van der Waals surface area contributed by atoms with Crippen LogP contribution in [0.1, 0.15) is 53.0 Å². The molecule has 0 radical (unpaired) electrons. The standard InChI is InChI=1S/C22H28N6O/c1-15-6-5-7-17-16(15)14-18(23-17)22(29)27-11-9-20-24-25-21(28(20)13-12-27)19-8-3-4-10-26(19)2/h5-7,14,19,23H,3-4,8-13H2,1-2H3/t19-/m1/s1. The molecular formula is C22H28N6O. The van der Waals surface area contributed by atoms with Crippen LogP contribution >= 0.6 is 0 Å². The van der Waals surface area contributed by atoms with Crippen LogP contribution in [0.3, 0.4) is 0 Å². The lowest BCUT2D eigenvalue weighted by atomic mass is 10.0. The summed E-state index contributed by atoms with van der Waals surface area (Å²) in [5, 5.41) is 10.1. The van der Waals surface area contributed by atoms with Crippen LogP contribution in [0.4, 0.5) is 0 Å². The quantitative estimate of drug-likeness (QED) is 0.728. The number of fused-ring (bicyclic) bond motifs is 2. The molecule has 7 nitrogen and oxygen atoms in total. The van der Waals surface area contributed by atoms with Gasteiger partial charge in [-0.05, 0) is 51.1 Å². The van der Waals surface area contributed by atoms with E-state index < -0.39 is 0 Å². The minimum absolute atomic E-state index is 0.0654. The average molecular weight is 393 g/mol. The molecule has 4 heterocycles. The molecule has 2 aliphatic heterocycles. The van der Waals surface area contributed by atoms with Gasteiger partial charge in [0.05, 0.1) is 6.04 Å². The number of aryl methyl sites for hydroxylation is 1. The molecule has 0 spiro atoms. The number of carbonyl (C=O) groups is 1. The van der Waals surface area contributed by atoms with Crippen molar-refractivity contribution in [3.05, 3.63) is 47.2 Å². The molecule has 0 saturated carbocycles.